The van der Waals surface area contributed by atoms with Gasteiger partial charge in [-0.05, 0) is 45.4 Å². The third-order valence-electron chi connectivity index (χ3n) is 5.30. The van der Waals surface area contributed by atoms with E-state index in [4.69, 9.17) is 4.74 Å². The molecule has 5 nitrogen and oxygen atoms in total. The minimum atomic E-state index is -0.0589. The molecule has 24 heavy (non-hydrogen) atoms. The van der Waals surface area contributed by atoms with Gasteiger partial charge in [0.2, 0.25) is 5.91 Å². The summed E-state index contributed by atoms with van der Waals surface area (Å²) in [5.41, 5.74) is -0.0589. The van der Waals surface area contributed by atoms with Crippen LogP contribution in [0.25, 0.3) is 0 Å². The highest BCUT2D eigenvalue weighted by Gasteiger charge is 2.34. The van der Waals surface area contributed by atoms with E-state index >= 15 is 0 Å². The number of carbonyl (C=O) groups excluding carboxylic acids is 1. The lowest BCUT2D eigenvalue weighted by Crippen LogP contribution is -2.50. The highest BCUT2D eigenvalue weighted by molar-refractivity contribution is 5.85. The fraction of sp³-hybridized carbons (Fsp3) is 0.941. The van der Waals surface area contributed by atoms with E-state index in [-0.39, 0.29) is 36.3 Å². The number of nitrogens with one attached hydrogen (secondary N) is 2. The van der Waals surface area contributed by atoms with E-state index < -0.39 is 0 Å². The number of amides is 1. The molecule has 0 saturated carbocycles. The minimum absolute atomic E-state index is 0. The Morgan fingerprint density at radius 1 is 1.25 bits per heavy atom. The van der Waals surface area contributed by atoms with Crippen molar-refractivity contribution in [2.75, 3.05) is 32.8 Å². The van der Waals surface area contributed by atoms with E-state index in [2.05, 4.69) is 29.4 Å². The number of halogens is 2. The van der Waals surface area contributed by atoms with E-state index in [1.54, 1.807) is 0 Å². The van der Waals surface area contributed by atoms with Gasteiger partial charge in [0.1, 0.15) is 0 Å². The standard InChI is InChI=1S/C17H31N3O2.2ClH/c1-17(2)12-20(7-8-22-17)6-5-18-16(21)11-13-9-14-3-4-15(10-13)19-14;;/h13-15,19H,3-12H2,1-2H3,(H,18,21);2*1H. The van der Waals surface area contributed by atoms with Crippen molar-refractivity contribution in [1.29, 1.82) is 0 Å². The Bertz CT molecular complexity index is 397. The first-order chi connectivity index (χ1) is 10.5. The second-order valence-electron chi connectivity index (χ2n) is 7.91. The molecular formula is C17H33Cl2N3O2. The molecule has 0 aliphatic carbocycles. The fourth-order valence-corrected chi connectivity index (χ4v) is 4.33. The number of ether oxygens (including phenoxy) is 1. The molecule has 2 bridgehead atoms. The van der Waals surface area contributed by atoms with Crippen LogP contribution in [0.5, 0.6) is 0 Å². The maximum absolute atomic E-state index is 12.1. The zero-order valence-corrected chi connectivity index (χ0v) is 16.5. The zero-order valence-electron chi connectivity index (χ0n) is 14.9. The molecule has 142 valence electrons. The molecule has 7 heteroatoms. The molecule has 2 unspecified atom stereocenters. The highest BCUT2D eigenvalue weighted by atomic mass is 35.5. The third-order valence-corrected chi connectivity index (χ3v) is 5.30. The lowest BCUT2D eigenvalue weighted by atomic mass is 9.89. The van der Waals surface area contributed by atoms with Crippen molar-refractivity contribution in [2.45, 2.75) is 63.6 Å². The smallest absolute Gasteiger partial charge is 0.220 e. The number of hydrogen-bond acceptors (Lipinski definition) is 4. The predicted octanol–water partition coefficient (Wildman–Crippen LogP) is 1.98. The molecule has 0 radical (unpaired) electrons. The number of carbonyl (C=O) groups is 1. The van der Waals surface area contributed by atoms with Gasteiger partial charge in [-0.15, -0.1) is 24.8 Å². The number of piperidine rings is 1. The quantitative estimate of drug-likeness (QED) is 0.764. The molecule has 2 N–H and O–H groups in total. The van der Waals surface area contributed by atoms with Gasteiger partial charge in [0.05, 0.1) is 12.2 Å². The van der Waals surface area contributed by atoms with Crippen molar-refractivity contribution in [3.8, 4) is 0 Å². The molecule has 0 aromatic heterocycles. The second-order valence-corrected chi connectivity index (χ2v) is 7.91. The van der Waals surface area contributed by atoms with Gasteiger partial charge in [0.25, 0.3) is 0 Å². The summed E-state index contributed by atoms with van der Waals surface area (Å²) in [4.78, 5) is 14.5. The molecule has 1 amide bonds. The van der Waals surface area contributed by atoms with Gasteiger partial charge in [-0.2, -0.15) is 0 Å². The summed E-state index contributed by atoms with van der Waals surface area (Å²) >= 11 is 0. The van der Waals surface area contributed by atoms with E-state index in [1.165, 1.54) is 25.7 Å². The van der Waals surface area contributed by atoms with Crippen LogP contribution in [0.3, 0.4) is 0 Å². The molecule has 3 rings (SSSR count). The first-order valence-electron chi connectivity index (χ1n) is 8.89. The van der Waals surface area contributed by atoms with Gasteiger partial charge in [0, 0.05) is 44.7 Å². The topological polar surface area (TPSA) is 53.6 Å². The van der Waals surface area contributed by atoms with Crippen molar-refractivity contribution >= 4 is 30.7 Å². The van der Waals surface area contributed by atoms with Gasteiger partial charge >= 0.3 is 0 Å². The summed E-state index contributed by atoms with van der Waals surface area (Å²) in [6.07, 6.45) is 5.68. The average Bonchev–Trinajstić information content (AvgIpc) is 2.77. The largest absolute Gasteiger partial charge is 0.373 e. The summed E-state index contributed by atoms with van der Waals surface area (Å²) < 4.78 is 5.71. The Labute approximate surface area is 158 Å². The average molecular weight is 382 g/mol. The molecule has 3 heterocycles. The molecule has 0 aromatic carbocycles. The zero-order chi connectivity index (χ0) is 15.6. The SMILES string of the molecule is CC1(C)CN(CCNC(=O)CC2CC3CCC(C2)N3)CCO1.Cl.Cl. The Balaban J connectivity index is 0.00000144. The summed E-state index contributed by atoms with van der Waals surface area (Å²) in [5, 5.41) is 6.75. The van der Waals surface area contributed by atoms with Crippen LogP contribution in [-0.2, 0) is 9.53 Å². The maximum Gasteiger partial charge on any atom is 0.220 e. The van der Waals surface area contributed by atoms with Crippen molar-refractivity contribution in [3.63, 3.8) is 0 Å². The lowest BCUT2D eigenvalue weighted by Gasteiger charge is -2.38. The van der Waals surface area contributed by atoms with E-state index in [0.717, 1.165) is 32.8 Å². The van der Waals surface area contributed by atoms with Crippen LogP contribution >= 0.6 is 24.8 Å². The number of rotatable bonds is 5. The van der Waals surface area contributed by atoms with Crippen molar-refractivity contribution in [1.82, 2.24) is 15.5 Å². The Kier molecular flexibility index (Phi) is 8.77. The Morgan fingerprint density at radius 2 is 1.92 bits per heavy atom. The van der Waals surface area contributed by atoms with Gasteiger partial charge < -0.3 is 15.4 Å². The molecule has 3 saturated heterocycles. The van der Waals surface area contributed by atoms with Crippen molar-refractivity contribution in [2.24, 2.45) is 5.92 Å². The maximum atomic E-state index is 12.1. The van der Waals surface area contributed by atoms with Crippen molar-refractivity contribution in [3.05, 3.63) is 0 Å². The predicted molar refractivity (Wildman–Crippen MR) is 101 cm³/mol. The van der Waals surface area contributed by atoms with Gasteiger partial charge in [-0.3, -0.25) is 9.69 Å². The summed E-state index contributed by atoms with van der Waals surface area (Å²) in [6, 6.07) is 1.35. The van der Waals surface area contributed by atoms with E-state index in [9.17, 15) is 4.79 Å². The first-order valence-corrected chi connectivity index (χ1v) is 8.89. The third kappa shape index (κ3) is 6.34. The lowest BCUT2D eigenvalue weighted by molar-refractivity contribution is -0.122. The summed E-state index contributed by atoms with van der Waals surface area (Å²) in [6.45, 7) is 8.64. The van der Waals surface area contributed by atoms with Crippen LogP contribution in [0, 0.1) is 5.92 Å². The Morgan fingerprint density at radius 3 is 2.54 bits per heavy atom. The minimum Gasteiger partial charge on any atom is -0.373 e. The number of morpholine rings is 1. The fourth-order valence-electron chi connectivity index (χ4n) is 4.33. The van der Waals surface area contributed by atoms with Crippen LogP contribution in [0.4, 0.5) is 0 Å². The second kappa shape index (κ2) is 9.58. The van der Waals surface area contributed by atoms with Crippen LogP contribution in [-0.4, -0.2) is 61.3 Å². The van der Waals surface area contributed by atoms with Gasteiger partial charge in [0.15, 0.2) is 0 Å². The van der Waals surface area contributed by atoms with Crippen LogP contribution in [0.2, 0.25) is 0 Å². The van der Waals surface area contributed by atoms with E-state index in [0.29, 0.717) is 24.4 Å². The molecule has 2 atom stereocenters. The first kappa shape index (κ1) is 22.0. The highest BCUT2D eigenvalue weighted by Crippen LogP contribution is 2.32. The van der Waals surface area contributed by atoms with Gasteiger partial charge in [-0.25, -0.2) is 0 Å². The summed E-state index contributed by atoms with van der Waals surface area (Å²) in [7, 11) is 0. The van der Waals surface area contributed by atoms with Gasteiger partial charge in [-0.1, -0.05) is 0 Å². The molecule has 3 fully saturated rings. The molecule has 0 spiro atoms. The molecule has 3 aliphatic rings. The van der Waals surface area contributed by atoms with Crippen molar-refractivity contribution < 1.29 is 9.53 Å². The molecule has 3 aliphatic heterocycles. The van der Waals surface area contributed by atoms with Crippen LogP contribution in [0.1, 0.15) is 46.0 Å². The molecule has 0 aromatic rings. The van der Waals surface area contributed by atoms with Crippen LogP contribution < -0.4 is 10.6 Å². The normalized spacial score (nSPS) is 31.7. The monoisotopic (exact) mass is 381 g/mol. The number of nitrogens with zero attached hydrogens (tertiary/aromatic N) is 1. The Hall–Kier alpha value is -0.0700. The number of hydrogen-bond donors (Lipinski definition) is 2. The molecular weight excluding hydrogens is 349 g/mol. The number of fused-ring (bicyclic) bond motifs is 2. The summed E-state index contributed by atoms with van der Waals surface area (Å²) in [5.74, 6) is 0.819. The van der Waals surface area contributed by atoms with Crippen LogP contribution in [0.15, 0.2) is 0 Å². The van der Waals surface area contributed by atoms with E-state index in [1.807, 2.05) is 0 Å².